The van der Waals surface area contributed by atoms with E-state index >= 15 is 0 Å². The highest BCUT2D eigenvalue weighted by Gasteiger charge is 2.46. The number of rotatable bonds is 5. The number of hydrogen-bond donors (Lipinski definition) is 0. The summed E-state index contributed by atoms with van der Waals surface area (Å²) in [4.78, 5) is 15.1. The van der Waals surface area contributed by atoms with Gasteiger partial charge in [0, 0.05) is 15.9 Å². The Morgan fingerprint density at radius 1 is 1.22 bits per heavy atom. The van der Waals surface area contributed by atoms with Gasteiger partial charge in [0.1, 0.15) is 24.3 Å². The van der Waals surface area contributed by atoms with E-state index in [0.717, 1.165) is 5.56 Å². The summed E-state index contributed by atoms with van der Waals surface area (Å²) < 4.78 is 23.9. The second kappa shape index (κ2) is 6.95. The van der Waals surface area contributed by atoms with E-state index in [-0.39, 0.29) is 24.3 Å². The molecule has 1 heterocycles. The Kier molecular flexibility index (Phi) is 4.75. The van der Waals surface area contributed by atoms with Crippen molar-refractivity contribution in [2.75, 3.05) is 6.61 Å². The van der Waals surface area contributed by atoms with Crippen LogP contribution in [0.5, 0.6) is 5.75 Å². The highest BCUT2D eigenvalue weighted by Crippen LogP contribution is 2.41. The first-order chi connectivity index (χ1) is 11.2. The van der Waals surface area contributed by atoms with E-state index < -0.39 is 6.10 Å². The predicted molar refractivity (Wildman–Crippen MR) is 87.0 cm³/mol. The number of ketones is 1. The average Bonchev–Trinajstić information content (AvgIpc) is 3.36. The van der Waals surface area contributed by atoms with E-state index in [2.05, 4.69) is 26.7 Å². The standard InChI is InChI=1S/C18H12BrFO3/c19-10-3-11-22-15-5-2-1-4-14(15)16(21)18-17(23-18)12-6-8-13(20)9-7-12/h1-2,4-9,17-18H,11H2. The molecule has 0 radical (unpaired) electrons. The van der Waals surface area contributed by atoms with E-state index in [9.17, 15) is 9.18 Å². The number of benzene rings is 2. The zero-order valence-electron chi connectivity index (χ0n) is 12.0. The first-order valence-corrected chi connectivity index (χ1v) is 7.75. The van der Waals surface area contributed by atoms with Crippen LogP contribution >= 0.6 is 15.9 Å². The van der Waals surface area contributed by atoms with Gasteiger partial charge in [-0.15, -0.1) is 0 Å². The molecule has 0 saturated carbocycles. The van der Waals surface area contributed by atoms with Crippen LogP contribution in [0.15, 0.2) is 48.5 Å². The van der Waals surface area contributed by atoms with Crippen LogP contribution in [0.2, 0.25) is 0 Å². The summed E-state index contributed by atoms with van der Waals surface area (Å²) in [6.07, 6.45) is -0.897. The molecule has 1 aliphatic heterocycles. The number of ether oxygens (including phenoxy) is 2. The third-order valence-corrected chi connectivity index (χ3v) is 3.75. The minimum atomic E-state index is -0.563. The van der Waals surface area contributed by atoms with Crippen LogP contribution < -0.4 is 4.74 Å². The Balaban J connectivity index is 1.74. The Hall–Kier alpha value is -2.16. The molecule has 0 spiro atoms. The van der Waals surface area contributed by atoms with E-state index in [0.29, 0.717) is 11.3 Å². The summed E-state index contributed by atoms with van der Waals surface area (Å²) in [7, 11) is 0. The Morgan fingerprint density at radius 3 is 2.70 bits per heavy atom. The first-order valence-electron chi connectivity index (χ1n) is 6.96. The molecular weight excluding hydrogens is 363 g/mol. The number of carbonyl (C=O) groups excluding carboxylic acids is 1. The molecule has 2 atom stereocenters. The van der Waals surface area contributed by atoms with Gasteiger partial charge in [-0.3, -0.25) is 4.79 Å². The van der Waals surface area contributed by atoms with Crippen molar-refractivity contribution < 1.29 is 18.7 Å². The smallest absolute Gasteiger partial charge is 0.198 e. The van der Waals surface area contributed by atoms with Crippen molar-refractivity contribution in [3.05, 3.63) is 65.5 Å². The van der Waals surface area contributed by atoms with Gasteiger partial charge in [-0.05, 0) is 40.6 Å². The second-order valence-corrected chi connectivity index (χ2v) is 5.35. The SMILES string of the molecule is O=C(c1ccccc1OCC#CBr)C1OC1c1ccc(F)cc1. The lowest BCUT2D eigenvalue weighted by atomic mass is 10.0. The summed E-state index contributed by atoms with van der Waals surface area (Å²) in [6, 6.07) is 12.9. The van der Waals surface area contributed by atoms with Gasteiger partial charge < -0.3 is 9.47 Å². The lowest BCUT2D eigenvalue weighted by Gasteiger charge is -2.07. The van der Waals surface area contributed by atoms with Gasteiger partial charge in [0.15, 0.2) is 11.9 Å². The van der Waals surface area contributed by atoms with Crippen molar-refractivity contribution in [3.63, 3.8) is 0 Å². The molecule has 23 heavy (non-hydrogen) atoms. The molecule has 1 fully saturated rings. The minimum Gasteiger partial charge on any atom is -0.480 e. The van der Waals surface area contributed by atoms with E-state index in [1.807, 2.05) is 0 Å². The van der Waals surface area contributed by atoms with Crippen LogP contribution in [0.1, 0.15) is 22.0 Å². The third-order valence-electron chi connectivity index (χ3n) is 3.47. The molecule has 0 bridgehead atoms. The molecule has 0 N–H and O–H groups in total. The average molecular weight is 375 g/mol. The lowest BCUT2D eigenvalue weighted by Crippen LogP contribution is -2.11. The minimum absolute atomic E-state index is 0.151. The van der Waals surface area contributed by atoms with Gasteiger partial charge in [-0.1, -0.05) is 24.3 Å². The zero-order valence-corrected chi connectivity index (χ0v) is 13.5. The summed E-state index contributed by atoms with van der Waals surface area (Å²) in [5, 5.41) is 0. The molecule has 0 amide bonds. The van der Waals surface area contributed by atoms with Gasteiger partial charge in [0.2, 0.25) is 0 Å². The molecule has 0 aliphatic carbocycles. The molecule has 116 valence electrons. The summed E-state index contributed by atoms with van der Waals surface area (Å²) in [5.74, 6) is 2.72. The molecule has 1 saturated heterocycles. The lowest BCUT2D eigenvalue weighted by molar-refractivity contribution is 0.0950. The van der Waals surface area contributed by atoms with Crippen LogP contribution in [0.4, 0.5) is 4.39 Å². The molecule has 2 unspecified atom stereocenters. The fraction of sp³-hybridized carbons (Fsp3) is 0.167. The largest absolute Gasteiger partial charge is 0.480 e. The van der Waals surface area contributed by atoms with E-state index in [1.54, 1.807) is 36.4 Å². The topological polar surface area (TPSA) is 38.8 Å². The van der Waals surface area contributed by atoms with Gasteiger partial charge in [0.25, 0.3) is 0 Å². The second-order valence-electron chi connectivity index (χ2n) is 4.95. The first kappa shape index (κ1) is 15.7. The third kappa shape index (κ3) is 3.61. The number of halogens is 2. The summed E-state index contributed by atoms with van der Waals surface area (Å²) in [5.41, 5.74) is 1.24. The number of hydrogen-bond acceptors (Lipinski definition) is 3. The molecule has 0 aromatic heterocycles. The van der Waals surface area contributed by atoms with Crippen molar-refractivity contribution in [1.82, 2.24) is 0 Å². The number of carbonyl (C=O) groups is 1. The Morgan fingerprint density at radius 2 is 1.96 bits per heavy atom. The maximum absolute atomic E-state index is 13.0. The van der Waals surface area contributed by atoms with Crippen molar-refractivity contribution in [2.24, 2.45) is 0 Å². The Bertz CT molecular complexity index is 777. The molecule has 3 rings (SSSR count). The van der Waals surface area contributed by atoms with Crippen molar-refractivity contribution in [2.45, 2.75) is 12.2 Å². The highest BCUT2D eigenvalue weighted by atomic mass is 79.9. The van der Waals surface area contributed by atoms with Crippen LogP contribution in [0, 0.1) is 16.6 Å². The number of para-hydroxylation sites is 1. The maximum atomic E-state index is 13.0. The van der Waals surface area contributed by atoms with Crippen LogP contribution in [0.3, 0.4) is 0 Å². The van der Waals surface area contributed by atoms with Gasteiger partial charge in [-0.2, -0.15) is 0 Å². The molecular formula is C18H12BrFO3. The Labute approximate surface area is 141 Å². The van der Waals surface area contributed by atoms with Crippen molar-refractivity contribution in [3.8, 4) is 16.5 Å². The van der Waals surface area contributed by atoms with Crippen LogP contribution in [-0.2, 0) is 4.74 Å². The number of Topliss-reactive ketones (excluding diaryl/α,β-unsaturated/α-hetero) is 1. The fourth-order valence-electron chi connectivity index (χ4n) is 2.31. The van der Waals surface area contributed by atoms with E-state index in [1.165, 1.54) is 12.1 Å². The van der Waals surface area contributed by atoms with Gasteiger partial charge >= 0.3 is 0 Å². The molecule has 2 aromatic carbocycles. The fourth-order valence-corrected chi connectivity index (χ4v) is 2.42. The molecule has 5 heteroatoms. The van der Waals surface area contributed by atoms with Gasteiger partial charge in [-0.25, -0.2) is 4.39 Å². The summed E-state index contributed by atoms with van der Waals surface area (Å²) in [6.45, 7) is 0.183. The predicted octanol–water partition coefficient (Wildman–Crippen LogP) is 3.88. The van der Waals surface area contributed by atoms with Crippen molar-refractivity contribution >= 4 is 21.7 Å². The maximum Gasteiger partial charge on any atom is 0.198 e. The van der Waals surface area contributed by atoms with E-state index in [4.69, 9.17) is 9.47 Å². The zero-order chi connectivity index (χ0) is 16.2. The highest BCUT2D eigenvalue weighted by molar-refractivity contribution is 9.12. The molecule has 2 aromatic rings. The number of epoxide rings is 1. The quantitative estimate of drug-likeness (QED) is 0.452. The van der Waals surface area contributed by atoms with Crippen molar-refractivity contribution in [1.29, 1.82) is 0 Å². The summed E-state index contributed by atoms with van der Waals surface area (Å²) >= 11 is 2.99. The molecule has 1 aliphatic rings. The monoisotopic (exact) mass is 374 g/mol. The molecule has 3 nitrogen and oxygen atoms in total. The van der Waals surface area contributed by atoms with Crippen LogP contribution in [-0.4, -0.2) is 18.5 Å². The van der Waals surface area contributed by atoms with Crippen LogP contribution in [0.25, 0.3) is 0 Å². The normalized spacial score (nSPS) is 18.7. The van der Waals surface area contributed by atoms with Gasteiger partial charge in [0.05, 0.1) is 5.56 Å².